The van der Waals surface area contributed by atoms with Crippen LogP contribution in [0.5, 0.6) is 11.5 Å². The maximum Gasteiger partial charge on any atom is 0.335 e. The quantitative estimate of drug-likeness (QED) is 0.176. The molecular weight excluding hydrogens is 476 g/mol. The lowest BCUT2D eigenvalue weighted by atomic mass is 9.77. The molecule has 8 nitrogen and oxygen atoms in total. The molecule has 1 aliphatic rings. The van der Waals surface area contributed by atoms with Crippen LogP contribution in [0, 0.1) is 5.92 Å². The van der Waals surface area contributed by atoms with Gasteiger partial charge in [0.2, 0.25) is 0 Å². The molecule has 0 atom stereocenters. The summed E-state index contributed by atoms with van der Waals surface area (Å²) >= 11 is 0. The maximum absolute atomic E-state index is 11.7. The zero-order valence-corrected chi connectivity index (χ0v) is 22.0. The van der Waals surface area contributed by atoms with Crippen LogP contribution in [0.1, 0.15) is 69.8 Å². The lowest BCUT2D eigenvalue weighted by molar-refractivity contribution is -0.141. The Morgan fingerprint density at radius 2 is 1.32 bits per heavy atom. The molecule has 0 aliphatic heterocycles. The van der Waals surface area contributed by atoms with E-state index in [9.17, 15) is 9.59 Å². The molecule has 0 amide bonds. The van der Waals surface area contributed by atoms with E-state index in [-0.39, 0.29) is 37.6 Å². The Morgan fingerprint density at radius 3 is 1.78 bits per heavy atom. The molecule has 0 unspecified atom stereocenters. The summed E-state index contributed by atoms with van der Waals surface area (Å²) in [5, 5.41) is 17.9. The first kappa shape index (κ1) is 30.4. The number of ether oxygens (including phenoxy) is 4. The first-order chi connectivity index (χ1) is 17.9. The van der Waals surface area contributed by atoms with Crippen LogP contribution < -0.4 is 9.47 Å². The van der Waals surface area contributed by atoms with Crippen LogP contribution in [0.3, 0.4) is 0 Å². The minimum absolute atomic E-state index is 0.00811. The van der Waals surface area contributed by atoms with Gasteiger partial charge in [-0.3, -0.25) is 0 Å². The van der Waals surface area contributed by atoms with Crippen LogP contribution in [-0.2, 0) is 19.1 Å². The number of hydrogen-bond donors (Lipinski definition) is 2. The number of aliphatic hydroxyl groups is 2. The van der Waals surface area contributed by atoms with Gasteiger partial charge in [0.1, 0.15) is 37.9 Å². The van der Waals surface area contributed by atoms with E-state index in [4.69, 9.17) is 29.2 Å². The molecule has 2 rings (SSSR count). The van der Waals surface area contributed by atoms with Crippen molar-refractivity contribution in [1.82, 2.24) is 0 Å². The predicted molar refractivity (Wildman–Crippen MR) is 141 cm³/mol. The van der Waals surface area contributed by atoms with Crippen molar-refractivity contribution in [2.24, 2.45) is 5.92 Å². The highest BCUT2D eigenvalue weighted by atomic mass is 16.6. The molecule has 37 heavy (non-hydrogen) atoms. The first-order valence-electron chi connectivity index (χ1n) is 13.2. The summed E-state index contributed by atoms with van der Waals surface area (Å²) in [6.07, 6.45) is 9.81. The van der Waals surface area contributed by atoms with E-state index in [2.05, 4.69) is 20.1 Å². The van der Waals surface area contributed by atoms with E-state index < -0.39 is 25.2 Å². The Labute approximate surface area is 220 Å². The average Bonchev–Trinajstić information content (AvgIpc) is 2.92. The maximum atomic E-state index is 11.7. The molecule has 0 saturated heterocycles. The smallest absolute Gasteiger partial charge is 0.335 e. The van der Waals surface area contributed by atoms with E-state index >= 15 is 0 Å². The van der Waals surface area contributed by atoms with Gasteiger partial charge in [-0.2, -0.15) is 0 Å². The van der Waals surface area contributed by atoms with Gasteiger partial charge in [0.25, 0.3) is 0 Å². The van der Waals surface area contributed by atoms with Crippen molar-refractivity contribution < 1.29 is 38.7 Å². The molecule has 1 aromatic rings. The molecule has 8 heteroatoms. The number of benzene rings is 1. The van der Waals surface area contributed by atoms with Gasteiger partial charge in [0.15, 0.2) is 0 Å². The zero-order chi connectivity index (χ0) is 27.0. The fourth-order valence-electron chi connectivity index (χ4n) is 4.38. The molecule has 1 fully saturated rings. The van der Waals surface area contributed by atoms with Crippen molar-refractivity contribution in [3.8, 4) is 11.5 Å². The van der Waals surface area contributed by atoms with Gasteiger partial charge in [0.05, 0.1) is 24.4 Å². The number of aliphatic hydroxyl groups excluding tert-OH is 2. The van der Waals surface area contributed by atoms with Crippen molar-refractivity contribution in [2.75, 3.05) is 39.6 Å². The second-order valence-electron chi connectivity index (χ2n) is 9.44. The monoisotopic (exact) mass is 518 g/mol. The normalized spacial score (nSPS) is 17.1. The lowest BCUT2D eigenvalue weighted by Crippen LogP contribution is -2.16. The van der Waals surface area contributed by atoms with Gasteiger partial charge in [-0.15, -0.1) is 0 Å². The fourth-order valence-corrected chi connectivity index (χ4v) is 4.38. The second kappa shape index (κ2) is 16.8. The van der Waals surface area contributed by atoms with Gasteiger partial charge in [-0.1, -0.05) is 45.8 Å². The SMILES string of the molecule is C=C(CO)C(=O)OCCOc1cc(OCCOC(=O)C(=C)CO)cc(C2CCC(CCCCC)CC2)c1. The number of unbranched alkanes of at least 4 members (excludes halogenated alkanes) is 2. The molecule has 0 radical (unpaired) electrons. The van der Waals surface area contributed by atoms with Gasteiger partial charge in [0, 0.05) is 6.07 Å². The Kier molecular flexibility index (Phi) is 13.8. The Balaban J connectivity index is 1.98. The standard InChI is InChI=1S/C29H42O8/c1-4-5-6-7-23-8-10-24(11-9-23)25-16-26(34-12-14-36-28(32)21(2)19-30)18-27(17-25)35-13-15-37-29(33)22(3)20-31/h16-18,23-24,30-31H,2-15,19-20H2,1H3. The Morgan fingerprint density at radius 1 is 0.811 bits per heavy atom. The van der Waals surface area contributed by atoms with Gasteiger partial charge in [-0.05, 0) is 55.2 Å². The molecule has 0 spiro atoms. The molecule has 1 aliphatic carbocycles. The molecule has 0 bridgehead atoms. The summed E-state index contributed by atoms with van der Waals surface area (Å²) in [6, 6.07) is 5.77. The molecule has 2 N–H and O–H groups in total. The fraction of sp³-hybridized carbons (Fsp3) is 0.586. The van der Waals surface area contributed by atoms with E-state index in [1.807, 2.05) is 12.1 Å². The highest BCUT2D eigenvalue weighted by Gasteiger charge is 2.23. The van der Waals surface area contributed by atoms with Crippen LogP contribution in [0.2, 0.25) is 0 Å². The molecule has 0 heterocycles. The summed E-state index contributed by atoms with van der Waals surface area (Å²) in [7, 11) is 0. The van der Waals surface area contributed by atoms with Crippen molar-refractivity contribution in [1.29, 1.82) is 0 Å². The molecular formula is C29H42O8. The number of rotatable bonds is 17. The van der Waals surface area contributed by atoms with Gasteiger partial charge < -0.3 is 29.2 Å². The van der Waals surface area contributed by atoms with Crippen LogP contribution in [0.15, 0.2) is 42.5 Å². The lowest BCUT2D eigenvalue weighted by Gasteiger charge is -2.29. The van der Waals surface area contributed by atoms with Crippen molar-refractivity contribution in [3.63, 3.8) is 0 Å². The van der Waals surface area contributed by atoms with Crippen LogP contribution >= 0.6 is 0 Å². The Hall–Kier alpha value is -2.84. The van der Waals surface area contributed by atoms with Gasteiger partial charge >= 0.3 is 11.9 Å². The highest BCUT2D eigenvalue weighted by Crippen LogP contribution is 2.40. The number of hydrogen-bond acceptors (Lipinski definition) is 8. The van der Waals surface area contributed by atoms with Crippen molar-refractivity contribution in [2.45, 2.75) is 64.2 Å². The van der Waals surface area contributed by atoms with E-state index in [1.165, 1.54) is 38.5 Å². The summed E-state index contributed by atoms with van der Waals surface area (Å²) in [6.45, 7) is 8.53. The third kappa shape index (κ3) is 11.0. The number of carbonyl (C=O) groups excluding carboxylic acids is 2. The van der Waals surface area contributed by atoms with Gasteiger partial charge in [-0.25, -0.2) is 9.59 Å². The van der Waals surface area contributed by atoms with Crippen molar-refractivity contribution in [3.05, 3.63) is 48.1 Å². The van der Waals surface area contributed by atoms with E-state index in [1.54, 1.807) is 6.07 Å². The first-order valence-corrected chi connectivity index (χ1v) is 13.2. The van der Waals surface area contributed by atoms with E-state index in [0.717, 1.165) is 24.3 Å². The average molecular weight is 519 g/mol. The molecule has 206 valence electrons. The topological polar surface area (TPSA) is 112 Å². The zero-order valence-electron chi connectivity index (χ0n) is 22.0. The minimum Gasteiger partial charge on any atom is -0.490 e. The second-order valence-corrected chi connectivity index (χ2v) is 9.44. The van der Waals surface area contributed by atoms with Crippen LogP contribution in [0.25, 0.3) is 0 Å². The van der Waals surface area contributed by atoms with Crippen LogP contribution in [-0.4, -0.2) is 61.8 Å². The minimum atomic E-state index is -0.655. The third-order valence-corrected chi connectivity index (χ3v) is 6.57. The number of carbonyl (C=O) groups is 2. The molecule has 0 aromatic heterocycles. The molecule has 1 aromatic carbocycles. The Bertz CT molecular complexity index is 832. The third-order valence-electron chi connectivity index (χ3n) is 6.57. The summed E-state index contributed by atoms with van der Waals surface area (Å²) in [5.74, 6) is 1.09. The summed E-state index contributed by atoms with van der Waals surface area (Å²) in [4.78, 5) is 23.3. The van der Waals surface area contributed by atoms with Crippen LogP contribution in [0.4, 0.5) is 0 Å². The number of esters is 2. The highest BCUT2D eigenvalue weighted by molar-refractivity contribution is 5.88. The van der Waals surface area contributed by atoms with Crippen molar-refractivity contribution >= 4 is 11.9 Å². The largest absolute Gasteiger partial charge is 0.490 e. The van der Waals surface area contributed by atoms with E-state index in [0.29, 0.717) is 17.4 Å². The summed E-state index contributed by atoms with van der Waals surface area (Å²) in [5.41, 5.74) is 1.12. The predicted octanol–water partition coefficient (Wildman–Crippen LogP) is 4.48. The molecule has 1 saturated carbocycles. The summed E-state index contributed by atoms with van der Waals surface area (Å²) < 4.78 is 21.8.